The summed E-state index contributed by atoms with van der Waals surface area (Å²) in [6, 6.07) is 4.37. The fourth-order valence-electron chi connectivity index (χ4n) is 2.54. The molecule has 2 aromatic rings. The molecule has 17 heavy (non-hydrogen) atoms. The number of hydrogen-bond acceptors (Lipinski definition) is 3. The van der Waals surface area contributed by atoms with Crippen molar-refractivity contribution in [3.8, 4) is 0 Å². The smallest absolute Gasteiger partial charge is 0.160 e. The van der Waals surface area contributed by atoms with Gasteiger partial charge in [-0.25, -0.2) is 9.97 Å². The highest BCUT2D eigenvalue weighted by atomic mass is 16.5. The Morgan fingerprint density at radius 1 is 1.53 bits per heavy atom. The van der Waals surface area contributed by atoms with Crippen molar-refractivity contribution in [2.45, 2.75) is 32.2 Å². The molecule has 3 heterocycles. The second kappa shape index (κ2) is 4.45. The van der Waals surface area contributed by atoms with Gasteiger partial charge < -0.3 is 9.30 Å². The number of aromatic nitrogens is 3. The fraction of sp³-hybridized carbons (Fsp3) is 0.538. The summed E-state index contributed by atoms with van der Waals surface area (Å²) >= 11 is 0. The third-order valence-electron chi connectivity index (χ3n) is 3.34. The Hall–Kier alpha value is -1.42. The molecular formula is C13H17N3O. The SMILES string of the molecule is CCc1nc2cccnc2n1C1CCCOC1. The van der Waals surface area contributed by atoms with Crippen molar-refractivity contribution < 1.29 is 4.74 Å². The van der Waals surface area contributed by atoms with Crippen molar-refractivity contribution in [1.29, 1.82) is 0 Å². The number of nitrogens with zero attached hydrogens (tertiary/aromatic N) is 3. The molecule has 0 amide bonds. The van der Waals surface area contributed by atoms with E-state index in [-0.39, 0.29) is 0 Å². The van der Waals surface area contributed by atoms with Crippen molar-refractivity contribution in [1.82, 2.24) is 14.5 Å². The molecule has 4 heteroatoms. The maximum Gasteiger partial charge on any atom is 0.160 e. The topological polar surface area (TPSA) is 39.9 Å². The molecule has 1 atom stereocenters. The third-order valence-corrected chi connectivity index (χ3v) is 3.34. The van der Waals surface area contributed by atoms with Gasteiger partial charge in [0, 0.05) is 19.2 Å². The van der Waals surface area contributed by atoms with Crippen LogP contribution in [-0.2, 0) is 11.2 Å². The largest absolute Gasteiger partial charge is 0.379 e. The molecule has 0 spiro atoms. The predicted octanol–water partition coefficient (Wildman–Crippen LogP) is 2.35. The summed E-state index contributed by atoms with van der Waals surface area (Å²) in [5.41, 5.74) is 2.00. The van der Waals surface area contributed by atoms with Gasteiger partial charge in [-0.05, 0) is 25.0 Å². The van der Waals surface area contributed by atoms with Crippen LogP contribution in [0.1, 0.15) is 31.6 Å². The monoisotopic (exact) mass is 231 g/mol. The standard InChI is InChI=1S/C13H17N3O/c1-2-12-15-11-6-3-7-14-13(11)16(12)10-5-4-8-17-9-10/h3,6-7,10H,2,4-5,8-9H2,1H3. The Kier molecular flexibility index (Phi) is 2.81. The van der Waals surface area contributed by atoms with Gasteiger partial charge in [-0.1, -0.05) is 6.92 Å². The van der Waals surface area contributed by atoms with Crippen LogP contribution in [0.15, 0.2) is 18.3 Å². The Bertz CT molecular complexity index is 514. The number of fused-ring (bicyclic) bond motifs is 1. The summed E-state index contributed by atoms with van der Waals surface area (Å²) in [5, 5.41) is 0. The van der Waals surface area contributed by atoms with Gasteiger partial charge in [0.25, 0.3) is 0 Å². The maximum absolute atomic E-state index is 5.58. The number of aryl methyl sites for hydroxylation is 1. The molecule has 0 aliphatic carbocycles. The molecule has 0 radical (unpaired) electrons. The molecule has 0 bridgehead atoms. The van der Waals surface area contributed by atoms with E-state index in [1.165, 1.54) is 0 Å². The Labute approximate surface area is 101 Å². The predicted molar refractivity (Wildman–Crippen MR) is 66.0 cm³/mol. The quantitative estimate of drug-likeness (QED) is 0.796. The minimum Gasteiger partial charge on any atom is -0.379 e. The van der Waals surface area contributed by atoms with Crippen LogP contribution in [-0.4, -0.2) is 27.7 Å². The van der Waals surface area contributed by atoms with E-state index >= 15 is 0 Å². The van der Waals surface area contributed by atoms with Gasteiger partial charge >= 0.3 is 0 Å². The summed E-state index contributed by atoms with van der Waals surface area (Å²) in [4.78, 5) is 9.12. The van der Waals surface area contributed by atoms with Crippen LogP contribution in [0.4, 0.5) is 0 Å². The lowest BCUT2D eigenvalue weighted by Gasteiger charge is -2.25. The zero-order valence-electron chi connectivity index (χ0n) is 10.1. The van der Waals surface area contributed by atoms with Crippen LogP contribution in [0.5, 0.6) is 0 Å². The van der Waals surface area contributed by atoms with E-state index in [9.17, 15) is 0 Å². The van der Waals surface area contributed by atoms with Gasteiger partial charge in [-0.2, -0.15) is 0 Å². The molecule has 3 rings (SSSR count). The first-order valence-electron chi connectivity index (χ1n) is 6.29. The average Bonchev–Trinajstić information content (AvgIpc) is 2.78. The summed E-state index contributed by atoms with van der Waals surface area (Å²) in [7, 11) is 0. The van der Waals surface area contributed by atoms with Crippen molar-refractivity contribution in [2.24, 2.45) is 0 Å². The fourth-order valence-corrected chi connectivity index (χ4v) is 2.54. The number of hydrogen-bond donors (Lipinski definition) is 0. The van der Waals surface area contributed by atoms with Crippen molar-refractivity contribution >= 4 is 11.2 Å². The lowest BCUT2D eigenvalue weighted by atomic mass is 10.1. The van der Waals surface area contributed by atoms with Gasteiger partial charge in [0.1, 0.15) is 11.3 Å². The van der Waals surface area contributed by atoms with Gasteiger partial charge in [0.15, 0.2) is 5.65 Å². The number of rotatable bonds is 2. The zero-order chi connectivity index (χ0) is 11.7. The molecule has 90 valence electrons. The first-order chi connectivity index (χ1) is 8.40. The third kappa shape index (κ3) is 1.82. The second-order valence-electron chi connectivity index (χ2n) is 4.47. The van der Waals surface area contributed by atoms with E-state index in [2.05, 4.69) is 21.5 Å². The lowest BCUT2D eigenvalue weighted by Crippen LogP contribution is -2.22. The van der Waals surface area contributed by atoms with Crippen LogP contribution in [0.25, 0.3) is 11.2 Å². The molecular weight excluding hydrogens is 214 g/mol. The number of ether oxygens (including phenoxy) is 1. The summed E-state index contributed by atoms with van der Waals surface area (Å²) < 4.78 is 7.85. The Morgan fingerprint density at radius 3 is 3.24 bits per heavy atom. The van der Waals surface area contributed by atoms with Crippen LogP contribution in [0.3, 0.4) is 0 Å². The van der Waals surface area contributed by atoms with E-state index in [4.69, 9.17) is 4.74 Å². The van der Waals surface area contributed by atoms with Crippen LogP contribution >= 0.6 is 0 Å². The van der Waals surface area contributed by atoms with Gasteiger partial charge in [-0.3, -0.25) is 0 Å². The zero-order valence-corrected chi connectivity index (χ0v) is 10.1. The van der Waals surface area contributed by atoms with Gasteiger partial charge in [-0.15, -0.1) is 0 Å². The van der Waals surface area contributed by atoms with E-state index in [1.54, 1.807) is 0 Å². The Balaban J connectivity index is 2.11. The van der Waals surface area contributed by atoms with Crippen molar-refractivity contribution in [3.63, 3.8) is 0 Å². The summed E-state index contributed by atoms with van der Waals surface area (Å²) in [6.07, 6.45) is 5.06. The van der Waals surface area contributed by atoms with E-state index < -0.39 is 0 Å². The molecule has 2 aromatic heterocycles. The number of imidazole rings is 1. The minimum absolute atomic E-state index is 0.401. The molecule has 1 aliphatic rings. The molecule has 0 N–H and O–H groups in total. The highest BCUT2D eigenvalue weighted by Crippen LogP contribution is 2.25. The van der Waals surface area contributed by atoms with Crippen LogP contribution in [0.2, 0.25) is 0 Å². The molecule has 0 saturated carbocycles. The van der Waals surface area contributed by atoms with E-state index in [0.29, 0.717) is 6.04 Å². The van der Waals surface area contributed by atoms with E-state index in [1.807, 2.05) is 18.3 Å². The highest BCUT2D eigenvalue weighted by molar-refractivity contribution is 5.71. The summed E-state index contributed by atoms with van der Waals surface area (Å²) in [5.74, 6) is 1.12. The van der Waals surface area contributed by atoms with Gasteiger partial charge in [0.2, 0.25) is 0 Å². The molecule has 1 saturated heterocycles. The number of pyridine rings is 1. The first kappa shape index (κ1) is 10.7. The van der Waals surface area contributed by atoms with E-state index in [0.717, 1.165) is 49.5 Å². The van der Waals surface area contributed by atoms with Crippen LogP contribution in [0, 0.1) is 0 Å². The highest BCUT2D eigenvalue weighted by Gasteiger charge is 2.21. The molecule has 0 aromatic carbocycles. The van der Waals surface area contributed by atoms with Crippen molar-refractivity contribution in [2.75, 3.05) is 13.2 Å². The first-order valence-corrected chi connectivity index (χ1v) is 6.29. The summed E-state index contributed by atoms with van der Waals surface area (Å²) in [6.45, 7) is 3.81. The minimum atomic E-state index is 0.401. The molecule has 1 aliphatic heterocycles. The van der Waals surface area contributed by atoms with Crippen molar-refractivity contribution in [3.05, 3.63) is 24.2 Å². The molecule has 4 nitrogen and oxygen atoms in total. The van der Waals surface area contributed by atoms with Crippen LogP contribution < -0.4 is 0 Å². The average molecular weight is 231 g/mol. The maximum atomic E-state index is 5.58. The normalized spacial score (nSPS) is 20.9. The second-order valence-corrected chi connectivity index (χ2v) is 4.47. The molecule has 1 unspecified atom stereocenters. The Morgan fingerprint density at radius 2 is 2.47 bits per heavy atom. The van der Waals surface area contributed by atoms with Gasteiger partial charge in [0.05, 0.1) is 12.6 Å². The lowest BCUT2D eigenvalue weighted by molar-refractivity contribution is 0.0594. The molecule has 1 fully saturated rings.